The highest BCUT2D eigenvalue weighted by molar-refractivity contribution is 9.10. The van der Waals surface area contributed by atoms with Crippen molar-refractivity contribution in [2.45, 2.75) is 47.3 Å². The quantitative estimate of drug-likeness (QED) is 0.333. The van der Waals surface area contributed by atoms with E-state index in [1.54, 1.807) is 0 Å². The molecule has 0 heterocycles. The molecule has 0 bridgehead atoms. The summed E-state index contributed by atoms with van der Waals surface area (Å²) in [4.78, 5) is -4.04. The van der Waals surface area contributed by atoms with Crippen molar-refractivity contribution in [3.8, 4) is 11.1 Å². The maximum absolute atomic E-state index is 12.1. The van der Waals surface area contributed by atoms with Crippen LogP contribution in [0.15, 0.2) is 28.5 Å². The smallest absolute Gasteiger partial charge is 0.282 e. The van der Waals surface area contributed by atoms with Crippen LogP contribution in [0.3, 0.4) is 0 Å². The lowest BCUT2D eigenvalue weighted by molar-refractivity contribution is 0.474. The largest absolute Gasteiger partial charge is 0.295 e. The van der Waals surface area contributed by atoms with Crippen molar-refractivity contribution in [1.82, 2.24) is 0 Å². The number of hydrogen-bond acceptors (Lipinski definition) is 8. The Labute approximate surface area is 212 Å². The molecule has 0 saturated heterocycles. The molecule has 0 aliphatic rings. The maximum atomic E-state index is 12.1. The molecule has 0 fully saturated rings. The zero-order valence-corrected chi connectivity index (χ0v) is 23.9. The van der Waals surface area contributed by atoms with Crippen LogP contribution in [-0.4, -0.2) is 51.9 Å². The van der Waals surface area contributed by atoms with E-state index < -0.39 is 80.1 Å². The van der Waals surface area contributed by atoms with Crippen LogP contribution in [0, 0.1) is 27.7 Å². The summed E-state index contributed by atoms with van der Waals surface area (Å²) in [6.45, 7) is 4.41. The molecule has 0 unspecified atom stereocenters. The van der Waals surface area contributed by atoms with E-state index in [0.29, 0.717) is 0 Å². The molecule has 0 aromatic heterocycles. The van der Waals surface area contributed by atoms with Crippen molar-refractivity contribution in [2.75, 3.05) is 0 Å². The molecular formula is C16H16Br2O12S4. The molecule has 2 aromatic carbocycles. The van der Waals surface area contributed by atoms with E-state index in [4.69, 9.17) is 0 Å². The highest BCUT2D eigenvalue weighted by atomic mass is 79.9. The van der Waals surface area contributed by atoms with Gasteiger partial charge in [0.15, 0.2) is 0 Å². The predicted molar refractivity (Wildman–Crippen MR) is 125 cm³/mol. The topological polar surface area (TPSA) is 217 Å². The van der Waals surface area contributed by atoms with Crippen molar-refractivity contribution in [2.24, 2.45) is 0 Å². The van der Waals surface area contributed by atoms with Crippen molar-refractivity contribution < 1.29 is 51.9 Å². The standard InChI is InChI=1S/C16H16Br2O12S4/c1-5-9(6(2)14(32(22,23)24)11(17)13(5)31(19,20)21)10-7(3)15(33(25,26)27)12(18)16(8(10)4)34(28,29)30/h1-4H3,(H,19,20,21)(H,22,23,24)(H,25,26,27)(H,28,29,30). The first kappa shape index (κ1) is 29.3. The Balaban J connectivity index is 3.52. The first-order chi connectivity index (χ1) is 15.0. The first-order valence-electron chi connectivity index (χ1n) is 8.51. The highest BCUT2D eigenvalue weighted by Gasteiger charge is 2.36. The van der Waals surface area contributed by atoms with E-state index in [2.05, 4.69) is 31.9 Å². The number of benzene rings is 2. The third-order valence-electron chi connectivity index (χ3n) is 4.94. The van der Waals surface area contributed by atoms with Gasteiger partial charge in [0, 0.05) is 0 Å². The van der Waals surface area contributed by atoms with Crippen LogP contribution in [-0.2, 0) is 40.5 Å². The van der Waals surface area contributed by atoms with Crippen LogP contribution >= 0.6 is 31.9 Å². The van der Waals surface area contributed by atoms with Gasteiger partial charge in [-0.05, 0) is 92.9 Å². The number of halogens is 2. The Hall–Kier alpha value is -0.960. The minimum absolute atomic E-state index is 0.365. The van der Waals surface area contributed by atoms with Crippen LogP contribution in [0.2, 0.25) is 0 Å². The Morgan fingerprint density at radius 3 is 0.706 bits per heavy atom. The fourth-order valence-corrected chi connectivity index (χ4v) is 10.9. The van der Waals surface area contributed by atoms with E-state index in [-0.39, 0.29) is 22.3 Å². The molecule has 4 N–H and O–H groups in total. The predicted octanol–water partition coefficient (Wildman–Crippen LogP) is 3.10. The second-order valence-electron chi connectivity index (χ2n) is 7.09. The summed E-state index contributed by atoms with van der Waals surface area (Å²) >= 11 is 5.49. The highest BCUT2D eigenvalue weighted by Crippen LogP contribution is 2.47. The zero-order valence-electron chi connectivity index (χ0n) is 17.4. The van der Waals surface area contributed by atoms with Gasteiger partial charge in [-0.3, -0.25) is 18.2 Å². The van der Waals surface area contributed by atoms with Gasteiger partial charge < -0.3 is 0 Å². The van der Waals surface area contributed by atoms with Crippen molar-refractivity contribution >= 4 is 72.3 Å². The van der Waals surface area contributed by atoms with Crippen molar-refractivity contribution in [1.29, 1.82) is 0 Å². The third-order valence-corrected chi connectivity index (χ3v) is 11.7. The minimum Gasteiger partial charge on any atom is -0.282 e. The van der Waals surface area contributed by atoms with Crippen molar-refractivity contribution in [3.63, 3.8) is 0 Å². The molecule has 0 atom stereocenters. The second kappa shape index (κ2) is 8.86. The van der Waals surface area contributed by atoms with Gasteiger partial charge in [0.2, 0.25) is 0 Å². The van der Waals surface area contributed by atoms with Crippen LogP contribution in [0.5, 0.6) is 0 Å². The molecule has 0 radical (unpaired) electrons. The van der Waals surface area contributed by atoms with Crippen LogP contribution < -0.4 is 0 Å². The lowest BCUT2D eigenvalue weighted by Crippen LogP contribution is -2.15. The van der Waals surface area contributed by atoms with Crippen LogP contribution in [0.4, 0.5) is 0 Å². The van der Waals surface area contributed by atoms with E-state index in [1.807, 2.05) is 0 Å². The Morgan fingerprint density at radius 2 is 0.588 bits per heavy atom. The summed E-state index contributed by atoms with van der Waals surface area (Å²) in [7, 11) is -20.7. The maximum Gasteiger partial charge on any atom is 0.295 e. The normalized spacial score (nSPS) is 13.4. The molecule has 190 valence electrons. The molecular weight excluding hydrogens is 672 g/mol. The monoisotopic (exact) mass is 686 g/mol. The Kier molecular flexibility index (Phi) is 7.62. The molecule has 34 heavy (non-hydrogen) atoms. The molecule has 0 saturated carbocycles. The first-order valence-corrected chi connectivity index (χ1v) is 15.9. The number of rotatable bonds is 5. The summed E-state index contributed by atoms with van der Waals surface area (Å²) in [6, 6.07) is 0. The Bertz CT molecular complexity index is 1440. The van der Waals surface area contributed by atoms with E-state index in [9.17, 15) is 51.9 Å². The summed E-state index contributed by atoms with van der Waals surface area (Å²) in [5.41, 5.74) is -2.27. The third kappa shape index (κ3) is 4.97. The summed E-state index contributed by atoms with van der Waals surface area (Å²) < 4.78 is 134. The molecule has 0 aliphatic carbocycles. The van der Waals surface area contributed by atoms with Gasteiger partial charge in [0.1, 0.15) is 19.6 Å². The van der Waals surface area contributed by atoms with Gasteiger partial charge in [0.05, 0.1) is 8.95 Å². The van der Waals surface area contributed by atoms with Gasteiger partial charge in [-0.1, -0.05) is 0 Å². The van der Waals surface area contributed by atoms with Gasteiger partial charge in [-0.2, -0.15) is 33.7 Å². The lowest BCUT2D eigenvalue weighted by atomic mass is 9.89. The summed E-state index contributed by atoms with van der Waals surface area (Å²) in [5.74, 6) is 0. The molecule has 2 aromatic rings. The average Bonchev–Trinajstić information content (AvgIpc) is 2.51. The molecule has 0 amide bonds. The van der Waals surface area contributed by atoms with Crippen LogP contribution in [0.1, 0.15) is 22.3 Å². The molecule has 0 aliphatic heterocycles. The van der Waals surface area contributed by atoms with Gasteiger partial charge in [-0.15, -0.1) is 0 Å². The fraction of sp³-hybridized carbons (Fsp3) is 0.250. The van der Waals surface area contributed by atoms with E-state index in [0.717, 1.165) is 27.7 Å². The molecule has 2 rings (SSSR count). The summed E-state index contributed by atoms with van der Waals surface area (Å²) in [6.07, 6.45) is 0. The second-order valence-corrected chi connectivity index (χ2v) is 14.1. The Morgan fingerprint density at radius 1 is 0.441 bits per heavy atom. The molecule has 18 heteroatoms. The van der Waals surface area contributed by atoms with Gasteiger partial charge in [-0.25, -0.2) is 0 Å². The van der Waals surface area contributed by atoms with Crippen molar-refractivity contribution in [3.05, 3.63) is 31.2 Å². The summed E-state index contributed by atoms with van der Waals surface area (Å²) in [5, 5.41) is 0. The average molecular weight is 688 g/mol. The van der Waals surface area contributed by atoms with Gasteiger partial charge in [0.25, 0.3) is 40.5 Å². The fourth-order valence-electron chi connectivity index (χ4n) is 3.86. The van der Waals surface area contributed by atoms with Gasteiger partial charge >= 0.3 is 0 Å². The molecule has 0 spiro atoms. The lowest BCUT2D eigenvalue weighted by Gasteiger charge is -2.24. The van der Waals surface area contributed by atoms with E-state index >= 15 is 0 Å². The zero-order chi connectivity index (χ0) is 26.9. The SMILES string of the molecule is Cc1c(-c2c(C)c(S(=O)(=O)O)c(Br)c(S(=O)(=O)O)c2C)c(C)c(S(=O)(=O)O)c(Br)c1S(=O)(=O)O. The van der Waals surface area contributed by atoms with Crippen LogP contribution in [0.25, 0.3) is 11.1 Å². The van der Waals surface area contributed by atoms with E-state index in [1.165, 1.54) is 0 Å². The minimum atomic E-state index is -5.17. The molecule has 12 nitrogen and oxygen atoms in total. The number of hydrogen-bond donors (Lipinski definition) is 4.